The Kier molecular flexibility index (Phi) is 7.34. The normalized spacial score (nSPS) is 10.7. The van der Waals surface area contributed by atoms with Crippen LogP contribution in [0.3, 0.4) is 0 Å². The second-order valence-electron chi connectivity index (χ2n) is 8.93. The van der Waals surface area contributed by atoms with Crippen molar-refractivity contribution in [2.45, 2.75) is 0 Å². The summed E-state index contributed by atoms with van der Waals surface area (Å²) in [6, 6.07) is 23.4. The summed E-state index contributed by atoms with van der Waals surface area (Å²) in [7, 11) is 3.00. The highest BCUT2D eigenvalue weighted by molar-refractivity contribution is 5.81. The van der Waals surface area contributed by atoms with Crippen LogP contribution in [0.15, 0.2) is 109 Å². The number of phenolic OH excluding ortho intramolecular Hbond substituents is 3. The van der Waals surface area contributed by atoms with Crippen LogP contribution in [0.5, 0.6) is 28.7 Å². The Hall–Kier alpha value is -5.70. The van der Waals surface area contributed by atoms with E-state index in [1.165, 1.54) is 43.5 Å². The van der Waals surface area contributed by atoms with Gasteiger partial charge in [0.25, 0.3) is 0 Å². The Labute approximate surface area is 232 Å². The van der Waals surface area contributed by atoms with E-state index in [9.17, 15) is 24.9 Å². The molecule has 3 N–H and O–H groups in total. The third-order valence-corrected chi connectivity index (χ3v) is 6.27. The average molecular weight is 553 g/mol. The van der Waals surface area contributed by atoms with E-state index in [4.69, 9.17) is 18.3 Å². The number of phenols is 3. The average Bonchev–Trinajstić information content (AvgIpc) is 2.97. The molecular weight excluding hydrogens is 528 g/mol. The highest BCUT2D eigenvalue weighted by atomic mass is 16.5. The van der Waals surface area contributed by atoms with Gasteiger partial charge in [-0.3, -0.25) is 9.59 Å². The fourth-order valence-corrected chi connectivity index (χ4v) is 4.15. The van der Waals surface area contributed by atoms with E-state index in [0.717, 1.165) is 5.56 Å². The summed E-state index contributed by atoms with van der Waals surface area (Å²) in [6.07, 6.45) is 0. The predicted octanol–water partition coefficient (Wildman–Crippen LogP) is 6.05. The minimum absolute atomic E-state index is 0.00188. The van der Waals surface area contributed by atoms with Gasteiger partial charge < -0.3 is 33.6 Å². The predicted molar refractivity (Wildman–Crippen MR) is 154 cm³/mol. The molecule has 9 heteroatoms. The van der Waals surface area contributed by atoms with Gasteiger partial charge in [0.05, 0.1) is 25.0 Å². The van der Waals surface area contributed by atoms with Crippen molar-refractivity contribution < 1.29 is 33.6 Å². The molecule has 0 aliphatic heterocycles. The van der Waals surface area contributed by atoms with Crippen LogP contribution in [-0.4, -0.2) is 29.5 Å². The largest absolute Gasteiger partial charge is 0.508 e. The molecule has 6 aromatic rings. The number of ether oxygens (including phenoxy) is 2. The highest BCUT2D eigenvalue weighted by Crippen LogP contribution is 2.32. The second-order valence-corrected chi connectivity index (χ2v) is 8.93. The zero-order valence-corrected chi connectivity index (χ0v) is 22.0. The summed E-state index contributed by atoms with van der Waals surface area (Å²) in [5, 5.41) is 29.3. The Balaban J connectivity index is 0.000000165. The topological polar surface area (TPSA) is 140 Å². The van der Waals surface area contributed by atoms with Gasteiger partial charge in [-0.1, -0.05) is 0 Å². The van der Waals surface area contributed by atoms with Gasteiger partial charge in [0, 0.05) is 35.4 Å². The molecule has 0 unspecified atom stereocenters. The van der Waals surface area contributed by atoms with E-state index < -0.39 is 0 Å². The van der Waals surface area contributed by atoms with Crippen molar-refractivity contribution in [3.05, 3.63) is 111 Å². The molecule has 0 atom stereocenters. The van der Waals surface area contributed by atoms with E-state index in [1.54, 1.807) is 61.7 Å². The summed E-state index contributed by atoms with van der Waals surface area (Å²) in [5.41, 5.74) is 1.76. The van der Waals surface area contributed by atoms with Gasteiger partial charge in [0.2, 0.25) is 0 Å². The maximum Gasteiger partial charge on any atom is 0.193 e. The number of fused-ring (bicyclic) bond motifs is 2. The fraction of sp³-hybridized carbons (Fsp3) is 0.0625. The number of methoxy groups -OCH3 is 2. The molecule has 206 valence electrons. The number of rotatable bonds is 4. The van der Waals surface area contributed by atoms with Crippen LogP contribution in [-0.2, 0) is 0 Å². The lowest BCUT2D eigenvalue weighted by Gasteiger charge is -2.07. The van der Waals surface area contributed by atoms with E-state index in [2.05, 4.69) is 0 Å². The summed E-state index contributed by atoms with van der Waals surface area (Å²) in [4.78, 5) is 24.2. The number of hydrogen-bond donors (Lipinski definition) is 3. The molecule has 0 fully saturated rings. The van der Waals surface area contributed by atoms with Crippen molar-refractivity contribution in [1.82, 2.24) is 0 Å². The Morgan fingerprint density at radius 3 is 1.76 bits per heavy atom. The third-order valence-electron chi connectivity index (χ3n) is 6.27. The van der Waals surface area contributed by atoms with Crippen LogP contribution in [0.1, 0.15) is 0 Å². The molecule has 2 heterocycles. The molecule has 0 saturated carbocycles. The molecular formula is C32H24O9. The third kappa shape index (κ3) is 5.69. The maximum absolute atomic E-state index is 12.1. The molecule has 0 aliphatic carbocycles. The molecule has 0 amide bonds. The second kappa shape index (κ2) is 11.2. The standard InChI is InChI=1S/C16H12O5.C16H12O4/c1-20-16-6-9(2-5-12(16)18)14-8-13(19)11-4-3-10(17)7-15(11)21-14;1-19-12-6-7-13-14(18)9-15(20-16(13)8-12)10-2-4-11(17)5-3-10/h2-8,17-18H,1H3;2-9,17H,1H3. The van der Waals surface area contributed by atoms with Gasteiger partial charge in [-0.25, -0.2) is 0 Å². The van der Waals surface area contributed by atoms with Crippen LogP contribution >= 0.6 is 0 Å². The maximum atomic E-state index is 12.1. The first kappa shape index (κ1) is 26.9. The quantitative estimate of drug-likeness (QED) is 0.238. The van der Waals surface area contributed by atoms with Crippen molar-refractivity contribution in [3.8, 4) is 51.4 Å². The number of hydrogen-bond acceptors (Lipinski definition) is 9. The molecule has 2 aromatic heterocycles. The Morgan fingerprint density at radius 2 is 1.12 bits per heavy atom. The van der Waals surface area contributed by atoms with Crippen LogP contribution in [0.25, 0.3) is 44.6 Å². The van der Waals surface area contributed by atoms with E-state index >= 15 is 0 Å². The van der Waals surface area contributed by atoms with E-state index in [-0.39, 0.29) is 33.9 Å². The van der Waals surface area contributed by atoms with Crippen LogP contribution in [0.4, 0.5) is 0 Å². The van der Waals surface area contributed by atoms with Crippen LogP contribution in [0.2, 0.25) is 0 Å². The molecule has 0 bridgehead atoms. The van der Waals surface area contributed by atoms with Gasteiger partial charge in [0.1, 0.15) is 39.9 Å². The smallest absolute Gasteiger partial charge is 0.193 e. The molecule has 0 spiro atoms. The summed E-state index contributed by atoms with van der Waals surface area (Å²) in [6.45, 7) is 0. The van der Waals surface area contributed by atoms with Gasteiger partial charge in [-0.15, -0.1) is 0 Å². The molecule has 0 aliphatic rings. The van der Waals surface area contributed by atoms with Gasteiger partial charge in [0.15, 0.2) is 22.4 Å². The van der Waals surface area contributed by atoms with Crippen LogP contribution in [0, 0.1) is 0 Å². The van der Waals surface area contributed by atoms with Crippen molar-refractivity contribution >= 4 is 21.9 Å². The van der Waals surface area contributed by atoms with Gasteiger partial charge in [-0.05, 0) is 66.7 Å². The Bertz CT molecular complexity index is 1990. The van der Waals surface area contributed by atoms with Crippen molar-refractivity contribution in [2.24, 2.45) is 0 Å². The zero-order valence-electron chi connectivity index (χ0n) is 22.0. The Morgan fingerprint density at radius 1 is 0.561 bits per heavy atom. The number of benzene rings is 4. The van der Waals surface area contributed by atoms with E-state index in [0.29, 0.717) is 44.8 Å². The van der Waals surface area contributed by atoms with Crippen molar-refractivity contribution in [2.75, 3.05) is 14.2 Å². The lowest BCUT2D eigenvalue weighted by Crippen LogP contribution is -2.00. The molecule has 0 radical (unpaired) electrons. The SMILES string of the molecule is COc1cc(-c2cc(=O)c3ccc(O)cc3o2)ccc1O.COc1ccc2c(=O)cc(-c3ccc(O)cc3)oc2c1. The first-order valence-electron chi connectivity index (χ1n) is 12.3. The summed E-state index contributed by atoms with van der Waals surface area (Å²) in [5.74, 6) is 1.88. The zero-order chi connectivity index (χ0) is 29.1. The molecule has 4 aromatic carbocycles. The van der Waals surface area contributed by atoms with Crippen molar-refractivity contribution in [3.63, 3.8) is 0 Å². The lowest BCUT2D eigenvalue weighted by molar-refractivity contribution is 0.373. The first-order chi connectivity index (χ1) is 19.7. The minimum Gasteiger partial charge on any atom is -0.508 e. The minimum atomic E-state index is -0.210. The highest BCUT2D eigenvalue weighted by Gasteiger charge is 2.11. The summed E-state index contributed by atoms with van der Waals surface area (Å²) >= 11 is 0. The first-order valence-corrected chi connectivity index (χ1v) is 12.3. The molecule has 41 heavy (non-hydrogen) atoms. The summed E-state index contributed by atoms with van der Waals surface area (Å²) < 4.78 is 21.6. The molecule has 6 rings (SSSR count). The van der Waals surface area contributed by atoms with Gasteiger partial charge in [-0.2, -0.15) is 0 Å². The van der Waals surface area contributed by atoms with E-state index in [1.807, 2.05) is 0 Å². The van der Waals surface area contributed by atoms with Gasteiger partial charge >= 0.3 is 0 Å². The molecule has 9 nitrogen and oxygen atoms in total. The van der Waals surface area contributed by atoms with Crippen molar-refractivity contribution in [1.29, 1.82) is 0 Å². The number of aromatic hydroxyl groups is 3. The molecule has 0 saturated heterocycles. The fourth-order valence-electron chi connectivity index (χ4n) is 4.15. The van der Waals surface area contributed by atoms with Crippen LogP contribution < -0.4 is 20.3 Å². The monoisotopic (exact) mass is 552 g/mol. The lowest BCUT2D eigenvalue weighted by atomic mass is 10.1.